The molecule has 0 radical (unpaired) electrons. The van der Waals surface area contributed by atoms with Gasteiger partial charge in [-0.15, -0.1) is 0 Å². The molecule has 0 saturated carbocycles. The first-order valence-electron chi connectivity index (χ1n) is 43.2. The van der Waals surface area contributed by atoms with Gasteiger partial charge < -0.3 is 65.1 Å². The first-order chi connectivity index (χ1) is 50.1. The van der Waals surface area contributed by atoms with E-state index in [1.54, 1.807) is 6.08 Å². The van der Waals surface area contributed by atoms with Crippen molar-refractivity contribution < 1.29 is 64.6 Å². The molecule has 0 aromatic carbocycles. The highest BCUT2D eigenvalue weighted by Gasteiger charge is 2.51. The fourth-order valence-corrected chi connectivity index (χ4v) is 14.0. The third-order valence-corrected chi connectivity index (χ3v) is 20.8. The molecule has 12 unspecified atom stereocenters. The lowest BCUT2D eigenvalue weighted by Crippen LogP contribution is -2.65. The van der Waals surface area contributed by atoms with Gasteiger partial charge in [0.2, 0.25) is 5.91 Å². The molecule has 2 rings (SSSR count). The summed E-state index contributed by atoms with van der Waals surface area (Å²) in [5.74, 6) is -0.247. The SMILES string of the molecule is CCCCCCC/C=C\C/C=C\C/C=C\CCCCCCCCCCCCCCCCCCCCCCCCCCC(=O)NC(COC1OC(CO)C(OC2OC(CO)C(O)C(O)C2O)C(O)C1O)C(O)/C=C/CC/C=C/CC/C=C/CCCCCCCCCCCCCCCCCCCCC. The van der Waals surface area contributed by atoms with Crippen LogP contribution in [-0.2, 0) is 23.7 Å². The number of nitrogens with one attached hydrogen (secondary N) is 1. The van der Waals surface area contributed by atoms with Crippen LogP contribution in [0, 0.1) is 0 Å². The molecule has 2 aliphatic heterocycles. The molecule has 0 aliphatic carbocycles. The molecule has 0 bridgehead atoms. The van der Waals surface area contributed by atoms with E-state index in [0.717, 1.165) is 57.8 Å². The summed E-state index contributed by atoms with van der Waals surface area (Å²) in [6.45, 7) is 2.82. The average molecular weight is 1440 g/mol. The van der Waals surface area contributed by atoms with Crippen molar-refractivity contribution in [2.75, 3.05) is 19.8 Å². The van der Waals surface area contributed by atoms with Gasteiger partial charge in [0.1, 0.15) is 48.8 Å². The van der Waals surface area contributed by atoms with Crippen molar-refractivity contribution in [3.05, 3.63) is 72.9 Å². The Labute approximate surface area is 625 Å². The summed E-state index contributed by atoms with van der Waals surface area (Å²) in [5, 5.41) is 87.7. The van der Waals surface area contributed by atoms with Gasteiger partial charge in [0.15, 0.2) is 12.6 Å². The Morgan fingerprint density at radius 2 is 0.657 bits per heavy atom. The summed E-state index contributed by atoms with van der Waals surface area (Å²) in [6, 6.07) is -0.941. The maximum atomic E-state index is 13.4. The fourth-order valence-electron chi connectivity index (χ4n) is 14.0. The van der Waals surface area contributed by atoms with Gasteiger partial charge in [-0.2, -0.15) is 0 Å². The maximum absolute atomic E-state index is 13.4. The smallest absolute Gasteiger partial charge is 0.220 e. The highest BCUT2D eigenvalue weighted by atomic mass is 16.7. The number of aliphatic hydroxyl groups is 8. The molecule has 2 aliphatic rings. The minimum atomic E-state index is -1.80. The topological polar surface area (TPSA) is 228 Å². The number of carbonyl (C=O) groups is 1. The second-order valence-corrected chi connectivity index (χ2v) is 30.3. The Hall–Kier alpha value is -2.57. The molecule has 14 heteroatoms. The predicted octanol–water partition coefficient (Wildman–Crippen LogP) is 20.5. The first-order valence-corrected chi connectivity index (χ1v) is 43.2. The Morgan fingerprint density at radius 1 is 0.353 bits per heavy atom. The fraction of sp³-hybridized carbons (Fsp3) is 0.852. The Bertz CT molecular complexity index is 1990. The number of rotatable bonds is 73. The van der Waals surface area contributed by atoms with Crippen LogP contribution in [0.15, 0.2) is 72.9 Å². The van der Waals surface area contributed by atoms with Crippen LogP contribution in [0.25, 0.3) is 0 Å². The highest BCUT2D eigenvalue weighted by molar-refractivity contribution is 5.76. The molecule has 9 N–H and O–H groups in total. The summed E-state index contributed by atoms with van der Waals surface area (Å²) >= 11 is 0. The molecule has 102 heavy (non-hydrogen) atoms. The van der Waals surface area contributed by atoms with E-state index < -0.39 is 86.8 Å². The van der Waals surface area contributed by atoms with E-state index in [2.05, 4.69) is 79.9 Å². The monoisotopic (exact) mass is 1440 g/mol. The van der Waals surface area contributed by atoms with E-state index in [9.17, 15) is 45.6 Å². The molecule has 0 spiro atoms. The molecule has 2 fully saturated rings. The third kappa shape index (κ3) is 53.3. The highest BCUT2D eigenvalue weighted by Crippen LogP contribution is 2.30. The van der Waals surface area contributed by atoms with Crippen molar-refractivity contribution in [1.29, 1.82) is 0 Å². The normalized spacial score (nSPS) is 22.0. The van der Waals surface area contributed by atoms with Crippen molar-refractivity contribution >= 4 is 5.91 Å². The summed E-state index contributed by atoms with van der Waals surface area (Å²) in [4.78, 5) is 13.4. The van der Waals surface area contributed by atoms with Crippen LogP contribution in [0.5, 0.6) is 0 Å². The van der Waals surface area contributed by atoms with Crippen molar-refractivity contribution in [3.63, 3.8) is 0 Å². The minimum Gasteiger partial charge on any atom is -0.394 e. The van der Waals surface area contributed by atoms with Crippen LogP contribution in [0.1, 0.15) is 386 Å². The molecule has 0 aromatic heterocycles. The number of hydrogen-bond donors (Lipinski definition) is 9. The van der Waals surface area contributed by atoms with E-state index in [0.29, 0.717) is 12.8 Å². The molecule has 14 nitrogen and oxygen atoms in total. The Kier molecular flexibility index (Phi) is 66.8. The molecule has 2 heterocycles. The van der Waals surface area contributed by atoms with Gasteiger partial charge in [-0.3, -0.25) is 4.79 Å². The largest absolute Gasteiger partial charge is 0.394 e. The molecular weight excluding hydrogens is 1280 g/mol. The molecule has 0 aromatic rings. The van der Waals surface area contributed by atoms with Gasteiger partial charge in [-0.05, 0) is 83.5 Å². The summed E-state index contributed by atoms with van der Waals surface area (Å²) < 4.78 is 22.9. The average Bonchev–Trinajstić information content (AvgIpc) is 0.790. The quantitative estimate of drug-likeness (QED) is 0.0204. The number of ether oxygens (including phenoxy) is 4. The van der Waals surface area contributed by atoms with Crippen molar-refractivity contribution in [3.8, 4) is 0 Å². The van der Waals surface area contributed by atoms with E-state index >= 15 is 0 Å². The number of hydrogen-bond acceptors (Lipinski definition) is 13. The predicted molar refractivity (Wildman–Crippen MR) is 424 cm³/mol. The number of unbranched alkanes of at least 4 members (excludes halogenated alkanes) is 50. The second kappa shape index (κ2) is 71.4. The molecular formula is C88H161NO13. The van der Waals surface area contributed by atoms with Crippen molar-refractivity contribution in [1.82, 2.24) is 5.32 Å². The lowest BCUT2D eigenvalue weighted by Gasteiger charge is -2.46. The standard InChI is InChI=1S/C88H161NO13/c1-3-5-7-9-11-13-15-17-19-21-23-25-27-29-31-33-34-35-36-37-38-39-40-41-42-44-46-48-50-52-54-56-58-60-62-64-66-68-70-72-80(93)89-76(75-99-87-85(98)83(96)86(79(74-91)101-87)102-88-84(97)82(95)81(94)78(73-90)100-88)77(92)71-69-67-65-63-61-59-57-55-53-51-49-47-45-43-32-30-28-26-24-22-20-18-16-14-12-10-8-6-4-2/h15,17,21,23,27,29,53,55,61,63,69,71,76-79,81-88,90-92,94-98H,3-14,16,18-20,22,24-26,28,30-52,54,56-60,62,64-68,70,72-75H2,1-2H3,(H,89,93)/b17-15-,23-21-,29-27-,55-53+,63-61+,71-69+. The van der Waals surface area contributed by atoms with E-state index in [4.69, 9.17) is 18.9 Å². The number of carbonyl (C=O) groups excluding carboxylic acids is 1. The number of aliphatic hydroxyl groups excluding tert-OH is 8. The minimum absolute atomic E-state index is 0.247. The van der Waals surface area contributed by atoms with Crippen LogP contribution >= 0.6 is 0 Å². The van der Waals surface area contributed by atoms with Gasteiger partial charge in [-0.1, -0.05) is 369 Å². The first kappa shape index (κ1) is 95.5. The van der Waals surface area contributed by atoms with Crippen LogP contribution in [-0.4, -0.2) is 140 Å². The van der Waals surface area contributed by atoms with Gasteiger partial charge >= 0.3 is 0 Å². The second-order valence-electron chi connectivity index (χ2n) is 30.3. The van der Waals surface area contributed by atoms with Crippen molar-refractivity contribution in [2.45, 2.75) is 460 Å². The van der Waals surface area contributed by atoms with E-state index in [-0.39, 0.29) is 18.9 Å². The lowest BCUT2D eigenvalue weighted by atomic mass is 9.97. The zero-order valence-electron chi connectivity index (χ0n) is 65.6. The van der Waals surface area contributed by atoms with Crippen molar-refractivity contribution in [2.24, 2.45) is 0 Å². The van der Waals surface area contributed by atoms with E-state index in [1.165, 1.54) is 295 Å². The summed E-state index contributed by atoms with van der Waals surface area (Å²) in [7, 11) is 0. The Balaban J connectivity index is 1.59. The van der Waals surface area contributed by atoms with Crippen LogP contribution in [0.3, 0.4) is 0 Å². The third-order valence-electron chi connectivity index (χ3n) is 20.8. The summed E-state index contributed by atoms with van der Waals surface area (Å²) in [6.07, 6.45) is 83.0. The van der Waals surface area contributed by atoms with Crippen LogP contribution < -0.4 is 5.32 Å². The van der Waals surface area contributed by atoms with Gasteiger partial charge in [0, 0.05) is 6.42 Å². The zero-order valence-corrected chi connectivity index (χ0v) is 65.6. The van der Waals surface area contributed by atoms with Gasteiger partial charge in [0.25, 0.3) is 0 Å². The Morgan fingerprint density at radius 3 is 1.03 bits per heavy atom. The van der Waals surface area contributed by atoms with Gasteiger partial charge in [0.05, 0.1) is 32.0 Å². The molecule has 596 valence electrons. The molecule has 2 saturated heterocycles. The maximum Gasteiger partial charge on any atom is 0.220 e. The zero-order chi connectivity index (χ0) is 73.7. The van der Waals surface area contributed by atoms with E-state index in [1.807, 2.05) is 6.08 Å². The van der Waals surface area contributed by atoms with Crippen LogP contribution in [0.2, 0.25) is 0 Å². The van der Waals surface area contributed by atoms with Crippen LogP contribution in [0.4, 0.5) is 0 Å². The molecule has 1 amide bonds. The number of allylic oxidation sites excluding steroid dienone is 11. The van der Waals surface area contributed by atoms with Gasteiger partial charge in [-0.25, -0.2) is 0 Å². The number of amides is 1. The lowest BCUT2D eigenvalue weighted by molar-refractivity contribution is -0.359. The molecule has 12 atom stereocenters. The summed E-state index contributed by atoms with van der Waals surface area (Å²) in [5.41, 5.74) is 0.